The quantitative estimate of drug-likeness (QED) is 0.179. The Morgan fingerprint density at radius 1 is 0.714 bits per heavy atom. The van der Waals surface area contributed by atoms with Crippen molar-refractivity contribution in [1.29, 1.82) is 0 Å². The van der Waals surface area contributed by atoms with Gasteiger partial charge in [-0.2, -0.15) is 0 Å². The Morgan fingerprint density at radius 3 is 1.86 bits per heavy atom. The van der Waals surface area contributed by atoms with Crippen molar-refractivity contribution in [1.82, 2.24) is 4.72 Å². The van der Waals surface area contributed by atoms with Crippen LogP contribution in [0.1, 0.15) is 22.3 Å². The molecule has 35 heavy (non-hydrogen) atoms. The van der Waals surface area contributed by atoms with E-state index in [9.17, 15) is 8.42 Å². The molecular weight excluding hydrogens is 452 g/mol. The van der Waals surface area contributed by atoms with Gasteiger partial charge in [0.25, 0.3) is 10.0 Å². The molecule has 4 nitrogen and oxygen atoms in total. The Kier molecular flexibility index (Phi) is 7.70. The van der Waals surface area contributed by atoms with Crippen molar-refractivity contribution in [2.24, 2.45) is 4.99 Å². The fourth-order valence-corrected chi connectivity index (χ4v) is 4.37. The molecule has 0 aliphatic rings. The fourth-order valence-electron chi connectivity index (χ4n) is 3.50. The Labute approximate surface area is 207 Å². The van der Waals surface area contributed by atoms with Crippen LogP contribution in [0.5, 0.6) is 0 Å². The molecule has 0 amide bonds. The maximum Gasteiger partial charge on any atom is 0.261 e. The first-order valence-corrected chi connectivity index (χ1v) is 12.7. The second kappa shape index (κ2) is 11.3. The molecule has 0 aliphatic heterocycles. The van der Waals surface area contributed by atoms with Gasteiger partial charge >= 0.3 is 0 Å². The summed E-state index contributed by atoms with van der Waals surface area (Å²) in [6, 6.07) is 36.3. The van der Waals surface area contributed by atoms with E-state index in [0.29, 0.717) is 0 Å². The highest BCUT2D eigenvalue weighted by Crippen LogP contribution is 2.29. The van der Waals surface area contributed by atoms with Crippen LogP contribution in [0, 0.1) is 6.92 Å². The number of hydrogen-bond acceptors (Lipinski definition) is 3. The van der Waals surface area contributed by atoms with Crippen molar-refractivity contribution in [3.8, 4) is 0 Å². The zero-order valence-electron chi connectivity index (χ0n) is 19.4. The van der Waals surface area contributed by atoms with Gasteiger partial charge in [-0.1, -0.05) is 109 Å². The Morgan fingerprint density at radius 2 is 1.26 bits per heavy atom. The smallest absolute Gasteiger partial charge is 0.261 e. The van der Waals surface area contributed by atoms with Gasteiger partial charge in [0.15, 0.2) is 0 Å². The third kappa shape index (κ3) is 6.43. The number of sulfonamides is 1. The normalized spacial score (nSPS) is 12.6. The number of aliphatic imine (C=N–C) groups is 1. The van der Waals surface area contributed by atoms with Crippen molar-refractivity contribution >= 4 is 27.5 Å². The molecule has 0 saturated carbocycles. The molecule has 0 spiro atoms. The van der Waals surface area contributed by atoms with E-state index in [1.54, 1.807) is 30.3 Å². The summed E-state index contributed by atoms with van der Waals surface area (Å²) < 4.78 is 28.2. The molecule has 0 heterocycles. The molecule has 0 atom stereocenters. The number of benzene rings is 4. The maximum atomic E-state index is 12.8. The number of aryl methyl sites for hydroxylation is 1. The molecule has 0 fully saturated rings. The minimum Gasteiger partial charge on any atom is -0.286 e. The van der Waals surface area contributed by atoms with Crippen LogP contribution >= 0.6 is 0 Å². The van der Waals surface area contributed by atoms with E-state index in [2.05, 4.69) is 4.72 Å². The standard InChI is InChI=1S/C30H26N2O2S/c1-24-17-19-28(20-18-24)35(33,34)32-22-21-29(26-13-7-3-8-14-26)30(27-15-9-4-10-16-27)31-23-25-11-5-2-6-12-25/h2-23,32H,1H3/b22-21+,30-29+,31-23?. The van der Waals surface area contributed by atoms with Crippen molar-refractivity contribution in [3.63, 3.8) is 0 Å². The molecule has 4 rings (SSSR count). The average Bonchev–Trinajstić information content (AvgIpc) is 2.90. The summed E-state index contributed by atoms with van der Waals surface area (Å²) in [5, 5.41) is 0. The number of rotatable bonds is 8. The molecule has 0 bridgehead atoms. The van der Waals surface area contributed by atoms with E-state index in [0.717, 1.165) is 33.5 Å². The minimum atomic E-state index is -3.70. The molecule has 0 unspecified atom stereocenters. The third-order valence-electron chi connectivity index (χ3n) is 5.33. The summed E-state index contributed by atoms with van der Waals surface area (Å²) in [6.45, 7) is 1.92. The Bertz CT molecular complexity index is 1440. The lowest BCUT2D eigenvalue weighted by Crippen LogP contribution is -2.17. The molecule has 4 aromatic carbocycles. The largest absolute Gasteiger partial charge is 0.286 e. The van der Waals surface area contributed by atoms with Crippen molar-refractivity contribution in [2.45, 2.75) is 11.8 Å². The number of nitrogens with one attached hydrogen (secondary N) is 1. The molecule has 0 aromatic heterocycles. The topological polar surface area (TPSA) is 58.5 Å². The van der Waals surface area contributed by atoms with Crippen molar-refractivity contribution in [3.05, 3.63) is 150 Å². The Hall–Kier alpha value is -4.22. The van der Waals surface area contributed by atoms with Crippen molar-refractivity contribution in [2.75, 3.05) is 0 Å². The molecule has 5 heteroatoms. The van der Waals surface area contributed by atoms with Crippen LogP contribution in [-0.2, 0) is 10.0 Å². The van der Waals surface area contributed by atoms with E-state index in [-0.39, 0.29) is 4.90 Å². The summed E-state index contributed by atoms with van der Waals surface area (Å²) >= 11 is 0. The van der Waals surface area contributed by atoms with Crippen LogP contribution < -0.4 is 4.72 Å². The molecule has 1 N–H and O–H groups in total. The summed E-state index contributed by atoms with van der Waals surface area (Å²) in [7, 11) is -3.70. The van der Waals surface area contributed by atoms with Gasteiger partial charge in [-0.3, -0.25) is 9.71 Å². The monoisotopic (exact) mass is 478 g/mol. The van der Waals surface area contributed by atoms with Gasteiger partial charge in [-0.05, 0) is 36.3 Å². The summed E-state index contributed by atoms with van der Waals surface area (Å²) in [4.78, 5) is 5.06. The predicted molar refractivity (Wildman–Crippen MR) is 144 cm³/mol. The van der Waals surface area contributed by atoms with E-state index >= 15 is 0 Å². The van der Waals surface area contributed by atoms with Crippen LogP contribution in [0.25, 0.3) is 11.3 Å². The van der Waals surface area contributed by atoms with Crippen LogP contribution in [0.2, 0.25) is 0 Å². The van der Waals surface area contributed by atoms with E-state index < -0.39 is 10.0 Å². The number of allylic oxidation sites excluding steroid dienone is 2. The lowest BCUT2D eigenvalue weighted by molar-refractivity contribution is 0.590. The maximum absolute atomic E-state index is 12.8. The number of nitrogens with zero attached hydrogens (tertiary/aromatic N) is 1. The lowest BCUT2D eigenvalue weighted by Gasteiger charge is -2.11. The fraction of sp³-hybridized carbons (Fsp3) is 0.0333. The Balaban J connectivity index is 1.78. The van der Waals surface area contributed by atoms with Crippen molar-refractivity contribution < 1.29 is 8.42 Å². The van der Waals surface area contributed by atoms with E-state index in [4.69, 9.17) is 4.99 Å². The highest BCUT2D eigenvalue weighted by molar-refractivity contribution is 7.89. The van der Waals surface area contributed by atoms with Gasteiger partial charge in [0.05, 0.1) is 10.6 Å². The third-order valence-corrected chi connectivity index (χ3v) is 6.67. The first kappa shape index (κ1) is 23.9. The zero-order chi connectivity index (χ0) is 24.5. The second-order valence-corrected chi connectivity index (χ2v) is 9.64. The minimum absolute atomic E-state index is 0.211. The molecule has 4 aromatic rings. The van der Waals surface area contributed by atoms with Crippen LogP contribution in [-0.4, -0.2) is 14.6 Å². The van der Waals surface area contributed by atoms with Crippen LogP contribution in [0.3, 0.4) is 0 Å². The molecule has 0 saturated heterocycles. The van der Waals surface area contributed by atoms with Gasteiger partial charge < -0.3 is 0 Å². The van der Waals surface area contributed by atoms with E-state index in [1.807, 2.05) is 104 Å². The first-order valence-electron chi connectivity index (χ1n) is 11.2. The highest BCUT2D eigenvalue weighted by atomic mass is 32.2. The van der Waals surface area contributed by atoms with Crippen LogP contribution in [0.4, 0.5) is 0 Å². The van der Waals surface area contributed by atoms with E-state index in [1.165, 1.54) is 6.20 Å². The van der Waals surface area contributed by atoms with Gasteiger partial charge in [0.1, 0.15) is 0 Å². The molecule has 0 aliphatic carbocycles. The lowest BCUT2D eigenvalue weighted by atomic mass is 9.99. The molecule has 174 valence electrons. The van der Waals surface area contributed by atoms with Gasteiger partial charge in [-0.25, -0.2) is 8.42 Å². The number of hydrogen-bond donors (Lipinski definition) is 1. The summed E-state index contributed by atoms with van der Waals surface area (Å²) in [6.07, 6.45) is 5.03. The second-order valence-electron chi connectivity index (χ2n) is 7.93. The summed E-state index contributed by atoms with van der Waals surface area (Å²) in [5.74, 6) is 0. The molecule has 0 radical (unpaired) electrons. The van der Waals surface area contributed by atoms with Gasteiger partial charge in [-0.15, -0.1) is 0 Å². The SMILES string of the molecule is Cc1ccc(S(=O)(=O)N/C=C/C(=C(\N=Cc2ccccc2)c2ccccc2)c2ccccc2)cc1. The first-order chi connectivity index (χ1) is 17.0. The average molecular weight is 479 g/mol. The zero-order valence-corrected chi connectivity index (χ0v) is 20.2. The van der Waals surface area contributed by atoms with Crippen LogP contribution in [0.15, 0.2) is 137 Å². The molecular formula is C30H26N2O2S. The highest BCUT2D eigenvalue weighted by Gasteiger charge is 2.12. The van der Waals surface area contributed by atoms with Gasteiger partial charge in [0, 0.05) is 23.6 Å². The summed E-state index contributed by atoms with van der Waals surface area (Å²) in [5.41, 5.74) is 5.32. The predicted octanol–water partition coefficient (Wildman–Crippen LogP) is 6.47. The van der Waals surface area contributed by atoms with Gasteiger partial charge in [0.2, 0.25) is 0 Å².